The molecule has 56 heavy (non-hydrogen) atoms. The largest absolute Gasteiger partial charge is 0.471 e. The van der Waals surface area contributed by atoms with Gasteiger partial charge >= 0.3 is 0 Å². The Bertz CT molecular complexity index is 2120. The van der Waals surface area contributed by atoms with Crippen LogP contribution in [-0.4, -0.2) is 114 Å². The SMILES string of the molecule is C[C@H]1CC2(CCN(c3ccc(OC4CN(C5CCN(c6ccc7c(c6)C(=O)N(C6CCC(=O)NC6=O)C7=O)CC5)C4)nn3)CC2)CN1c1ccc(C#N)c(Cl)c1. The molecule has 5 fully saturated rings. The van der Waals surface area contributed by atoms with Gasteiger partial charge in [0, 0.05) is 81.8 Å². The van der Waals surface area contributed by atoms with Crippen LogP contribution in [-0.2, 0) is 9.59 Å². The monoisotopic (exact) mass is 777 g/mol. The van der Waals surface area contributed by atoms with Crippen LogP contribution in [0.15, 0.2) is 48.5 Å². The van der Waals surface area contributed by atoms with Crippen LogP contribution >= 0.6 is 11.6 Å². The fourth-order valence-electron chi connectivity index (χ4n) is 9.71. The summed E-state index contributed by atoms with van der Waals surface area (Å²) in [6, 6.07) is 17.0. The molecule has 7 heterocycles. The quantitative estimate of drug-likeness (QED) is 0.345. The number of nitrogens with one attached hydrogen (secondary N) is 1. The van der Waals surface area contributed by atoms with Crippen LogP contribution in [0.25, 0.3) is 0 Å². The van der Waals surface area contributed by atoms with Crippen molar-refractivity contribution in [1.29, 1.82) is 5.26 Å². The molecule has 15 heteroatoms. The first-order chi connectivity index (χ1) is 27.1. The number of piperidine rings is 3. The second-order valence-electron chi connectivity index (χ2n) is 16.3. The van der Waals surface area contributed by atoms with Crippen LogP contribution in [0.5, 0.6) is 5.88 Å². The molecule has 0 saturated carbocycles. The summed E-state index contributed by atoms with van der Waals surface area (Å²) >= 11 is 6.36. The zero-order valence-corrected chi connectivity index (χ0v) is 32.1. The van der Waals surface area contributed by atoms with Crippen LogP contribution in [0.4, 0.5) is 17.2 Å². The van der Waals surface area contributed by atoms with E-state index >= 15 is 0 Å². The van der Waals surface area contributed by atoms with Crippen molar-refractivity contribution in [2.75, 3.05) is 60.5 Å². The minimum Gasteiger partial charge on any atom is -0.471 e. The molecule has 5 saturated heterocycles. The molecule has 4 amide bonds. The van der Waals surface area contributed by atoms with Gasteiger partial charge in [0.25, 0.3) is 11.8 Å². The molecule has 2 aromatic carbocycles. The van der Waals surface area contributed by atoms with Gasteiger partial charge in [0.2, 0.25) is 17.7 Å². The van der Waals surface area contributed by atoms with Gasteiger partial charge in [0.15, 0.2) is 5.82 Å². The molecule has 14 nitrogen and oxygen atoms in total. The predicted molar refractivity (Wildman–Crippen MR) is 208 cm³/mol. The molecule has 290 valence electrons. The number of anilines is 3. The number of halogens is 1. The molecular weight excluding hydrogens is 734 g/mol. The van der Waals surface area contributed by atoms with Gasteiger partial charge in [-0.25, -0.2) is 0 Å². The van der Waals surface area contributed by atoms with E-state index in [9.17, 15) is 24.4 Å². The van der Waals surface area contributed by atoms with Crippen molar-refractivity contribution >= 4 is 52.4 Å². The molecule has 2 atom stereocenters. The molecule has 6 aliphatic heterocycles. The number of ether oxygens (including phenoxy) is 1. The van der Waals surface area contributed by atoms with Crippen LogP contribution in [0, 0.1) is 16.7 Å². The standard InChI is InChI=1S/C41H44ClN9O5/c1-25-20-41(24-50(25)29-3-2-26(21-43)33(42)19-29)12-16-48(17-13-41)35-7-9-37(46-45-35)56-30-22-49(23-30)27-10-14-47(15-11-27)28-4-5-31-32(18-28)40(55)51(39(31)54)34-6-8-36(52)44-38(34)53/h2-5,7,9,18-19,25,27,30,34H,6,8,10-17,20,22-24H2,1H3,(H,44,52,53)/t25-,34?/m0/s1. The summed E-state index contributed by atoms with van der Waals surface area (Å²) < 4.78 is 6.21. The first kappa shape index (κ1) is 36.4. The minimum atomic E-state index is -0.971. The van der Waals surface area contributed by atoms with Crippen molar-refractivity contribution in [3.63, 3.8) is 0 Å². The lowest BCUT2D eigenvalue weighted by molar-refractivity contribution is -0.136. The Kier molecular flexibility index (Phi) is 9.32. The van der Waals surface area contributed by atoms with Crippen LogP contribution < -0.4 is 24.8 Å². The Morgan fingerprint density at radius 1 is 0.875 bits per heavy atom. The number of hydrogen-bond donors (Lipinski definition) is 1. The van der Waals surface area contributed by atoms with Gasteiger partial charge in [-0.05, 0) is 93.3 Å². The van der Waals surface area contributed by atoms with Gasteiger partial charge in [-0.3, -0.25) is 34.3 Å². The van der Waals surface area contributed by atoms with E-state index in [0.29, 0.717) is 39.7 Å². The fraction of sp³-hybridized carbons (Fsp3) is 0.488. The smallest absolute Gasteiger partial charge is 0.262 e. The highest BCUT2D eigenvalue weighted by atomic mass is 35.5. The first-order valence-corrected chi connectivity index (χ1v) is 20.0. The van der Waals surface area contributed by atoms with Crippen molar-refractivity contribution in [3.8, 4) is 11.9 Å². The number of imide groups is 2. The average molecular weight is 778 g/mol. The number of nitrogens with zero attached hydrogens (tertiary/aromatic N) is 8. The van der Waals surface area contributed by atoms with E-state index in [-0.39, 0.29) is 24.4 Å². The van der Waals surface area contributed by atoms with Gasteiger partial charge in [0.05, 0.1) is 21.7 Å². The Morgan fingerprint density at radius 2 is 1.62 bits per heavy atom. The minimum absolute atomic E-state index is 0.0638. The highest BCUT2D eigenvalue weighted by Gasteiger charge is 2.46. The number of likely N-dealkylation sites (tertiary alicyclic amines) is 1. The molecule has 0 bridgehead atoms. The lowest BCUT2D eigenvalue weighted by Crippen LogP contribution is -2.59. The lowest BCUT2D eigenvalue weighted by Gasteiger charge is -2.46. The van der Waals surface area contributed by atoms with Crippen LogP contribution in [0.2, 0.25) is 5.02 Å². The summed E-state index contributed by atoms with van der Waals surface area (Å²) in [4.78, 5) is 60.9. The van der Waals surface area contributed by atoms with E-state index in [1.54, 1.807) is 12.1 Å². The molecule has 3 aromatic rings. The van der Waals surface area contributed by atoms with E-state index < -0.39 is 29.7 Å². The van der Waals surface area contributed by atoms with E-state index in [2.05, 4.69) is 48.1 Å². The normalized spacial score (nSPS) is 24.4. The summed E-state index contributed by atoms with van der Waals surface area (Å²) in [7, 11) is 0. The molecular formula is C41H44ClN9O5. The number of carbonyl (C=O) groups is 4. The number of fused-ring (bicyclic) bond motifs is 1. The van der Waals surface area contributed by atoms with Crippen molar-refractivity contribution < 1.29 is 23.9 Å². The second-order valence-corrected chi connectivity index (χ2v) is 16.7. The molecule has 1 spiro atoms. The molecule has 0 aliphatic carbocycles. The molecule has 0 radical (unpaired) electrons. The van der Waals surface area contributed by atoms with E-state index in [1.165, 1.54) is 0 Å². The number of amides is 4. The third-order valence-corrected chi connectivity index (χ3v) is 13.2. The van der Waals surface area contributed by atoms with Gasteiger partial charge < -0.3 is 19.4 Å². The Balaban J connectivity index is 0.724. The lowest BCUT2D eigenvalue weighted by atomic mass is 9.77. The highest BCUT2D eigenvalue weighted by molar-refractivity contribution is 6.32. The van der Waals surface area contributed by atoms with Gasteiger partial charge in [-0.2, -0.15) is 5.26 Å². The summed E-state index contributed by atoms with van der Waals surface area (Å²) in [6.07, 6.45) is 5.51. The van der Waals surface area contributed by atoms with Gasteiger partial charge in [-0.1, -0.05) is 11.6 Å². The zero-order valence-electron chi connectivity index (χ0n) is 31.3. The van der Waals surface area contributed by atoms with E-state index in [1.807, 2.05) is 36.4 Å². The van der Waals surface area contributed by atoms with Gasteiger partial charge in [-0.15, -0.1) is 10.2 Å². The molecule has 1 unspecified atom stereocenters. The Hall–Kier alpha value is -5.26. The molecule has 1 N–H and O–H groups in total. The molecule has 6 aliphatic rings. The highest BCUT2D eigenvalue weighted by Crippen LogP contribution is 2.46. The van der Waals surface area contributed by atoms with Gasteiger partial charge in [0.1, 0.15) is 18.2 Å². The zero-order chi connectivity index (χ0) is 38.7. The number of rotatable bonds is 7. The number of nitriles is 1. The third-order valence-electron chi connectivity index (χ3n) is 12.9. The average Bonchev–Trinajstić information content (AvgIpc) is 3.64. The summed E-state index contributed by atoms with van der Waals surface area (Å²) in [5.41, 5.74) is 3.31. The second kappa shape index (κ2) is 14.4. The summed E-state index contributed by atoms with van der Waals surface area (Å²) in [5, 5.41) is 21.0. The topological polar surface area (TPSA) is 155 Å². The maximum atomic E-state index is 13.3. The number of aromatic nitrogens is 2. The van der Waals surface area contributed by atoms with Crippen molar-refractivity contribution in [3.05, 3.63) is 70.2 Å². The maximum absolute atomic E-state index is 13.3. The molecule has 1 aromatic heterocycles. The molecule has 9 rings (SSSR count). The number of carbonyl (C=O) groups excluding carboxylic acids is 4. The van der Waals surface area contributed by atoms with E-state index in [4.69, 9.17) is 16.3 Å². The van der Waals surface area contributed by atoms with Crippen LogP contribution in [0.3, 0.4) is 0 Å². The number of hydrogen-bond acceptors (Lipinski definition) is 12. The Labute approximate surface area is 330 Å². The number of benzene rings is 2. The van der Waals surface area contributed by atoms with Crippen molar-refractivity contribution in [2.24, 2.45) is 5.41 Å². The predicted octanol–water partition coefficient (Wildman–Crippen LogP) is 4.02. The third kappa shape index (κ3) is 6.60. The maximum Gasteiger partial charge on any atom is 0.262 e. The van der Waals surface area contributed by atoms with Crippen LogP contribution in [0.1, 0.15) is 78.1 Å². The van der Waals surface area contributed by atoms with E-state index in [0.717, 1.165) is 100 Å². The first-order valence-electron chi connectivity index (χ1n) is 19.6. The van der Waals surface area contributed by atoms with Crippen molar-refractivity contribution in [1.82, 2.24) is 25.3 Å². The van der Waals surface area contributed by atoms with Crippen molar-refractivity contribution in [2.45, 2.75) is 76.1 Å². The summed E-state index contributed by atoms with van der Waals surface area (Å²) in [5.74, 6) is -0.548. The Morgan fingerprint density at radius 3 is 2.32 bits per heavy atom. The summed E-state index contributed by atoms with van der Waals surface area (Å²) in [6.45, 7) is 8.40. The fourth-order valence-corrected chi connectivity index (χ4v) is 9.93.